The molecule has 0 spiro atoms. The van der Waals surface area contributed by atoms with E-state index in [-0.39, 0.29) is 35.8 Å². The summed E-state index contributed by atoms with van der Waals surface area (Å²) >= 11 is 0. The molecule has 0 bridgehead atoms. The minimum atomic E-state index is -0.0999. The lowest BCUT2D eigenvalue weighted by molar-refractivity contribution is -0.144. The van der Waals surface area contributed by atoms with Crippen molar-refractivity contribution in [1.82, 2.24) is 0 Å². The van der Waals surface area contributed by atoms with E-state index in [2.05, 4.69) is 36.4 Å². The van der Waals surface area contributed by atoms with Crippen molar-refractivity contribution in [2.24, 2.45) is 0 Å². The number of rotatable bonds is 78. The zero-order valence-electron chi connectivity index (χ0n) is 74.6. The van der Waals surface area contributed by atoms with Crippen LogP contribution in [0.25, 0.3) is 0 Å². The molecule has 3 aromatic rings. The van der Waals surface area contributed by atoms with Gasteiger partial charge in [-0.3, -0.25) is 28.8 Å². The topological polar surface area (TPSA) is 213 Å². The summed E-state index contributed by atoms with van der Waals surface area (Å²) in [6, 6.07) is 13.6. The lowest BCUT2D eigenvalue weighted by atomic mass is 9.94. The van der Waals surface area contributed by atoms with E-state index in [0.29, 0.717) is 137 Å². The van der Waals surface area contributed by atoms with Gasteiger partial charge in [0, 0.05) is 38.5 Å². The highest BCUT2D eigenvalue weighted by atomic mass is 16.6. The van der Waals surface area contributed by atoms with Crippen molar-refractivity contribution >= 4 is 35.8 Å². The van der Waals surface area contributed by atoms with Gasteiger partial charge in [0.05, 0.1) is 79.3 Å². The maximum Gasteiger partial charge on any atom is 0.305 e. The van der Waals surface area contributed by atoms with Crippen molar-refractivity contribution in [1.29, 1.82) is 0 Å². The fourth-order valence-corrected chi connectivity index (χ4v) is 15.3. The molecular weight excluding hydrogens is 1480 g/mol. The second-order valence-electron chi connectivity index (χ2n) is 32.1. The van der Waals surface area contributed by atoms with Gasteiger partial charge < -0.3 is 56.8 Å². The Bertz CT molecular complexity index is 2540. The molecule has 18 heteroatoms. The molecule has 0 saturated heterocycles. The smallest absolute Gasteiger partial charge is 0.305 e. The minimum Gasteiger partial charge on any atom is -0.490 e. The van der Waals surface area contributed by atoms with E-state index in [0.717, 1.165) is 343 Å². The normalized spacial score (nSPS) is 11.6. The molecule has 4 rings (SSSR count). The van der Waals surface area contributed by atoms with Gasteiger partial charge in [-0.25, -0.2) is 0 Å². The second kappa shape index (κ2) is 71.1. The zero-order chi connectivity index (χ0) is 83.9. The van der Waals surface area contributed by atoms with Crippen molar-refractivity contribution in [2.75, 3.05) is 79.3 Å². The molecule has 0 unspecified atom stereocenters. The highest BCUT2D eigenvalue weighted by Crippen LogP contribution is 2.42. The number of fused-ring (bicyclic) bond motifs is 3. The molecule has 0 atom stereocenters. The van der Waals surface area contributed by atoms with Crippen LogP contribution in [-0.2, 0) is 76.5 Å². The van der Waals surface area contributed by atoms with Crippen LogP contribution < -0.4 is 28.4 Å². The number of carbonyl (C=O) groups excluding carboxylic acids is 6. The molecule has 0 amide bonds. The molecule has 18 nitrogen and oxygen atoms in total. The van der Waals surface area contributed by atoms with Crippen LogP contribution >= 0.6 is 0 Å². The first-order valence-corrected chi connectivity index (χ1v) is 47.6. The molecule has 666 valence electrons. The van der Waals surface area contributed by atoms with Gasteiger partial charge in [0.15, 0.2) is 34.5 Å². The van der Waals surface area contributed by atoms with Crippen molar-refractivity contribution in [3.05, 3.63) is 69.8 Å². The Kier molecular flexibility index (Phi) is 62.3. The van der Waals surface area contributed by atoms with E-state index in [9.17, 15) is 28.8 Å². The van der Waals surface area contributed by atoms with Crippen LogP contribution in [0.1, 0.15) is 422 Å². The van der Waals surface area contributed by atoms with Gasteiger partial charge in [-0.2, -0.15) is 0 Å². The largest absolute Gasteiger partial charge is 0.490 e. The third-order valence-electron chi connectivity index (χ3n) is 22.0. The lowest BCUT2D eigenvalue weighted by Gasteiger charge is -2.20. The standard InChI is InChI=1S/C99H162O18/c1-7-106-94(100)61-49-37-25-13-19-31-43-55-67-112-88-76-82-73-84-78-90(114-69-57-45-33-21-15-27-39-51-63-96(102)108-9-3)92(116-71-59-47-35-23-17-29-41-53-65-98(104)110-11-5)80-86(84)75-87-81-93(117-72-60-48-36-24-18-30-42-54-66-99(105)111-12-6)91(115-70-58-46-34-22-16-28-40-52-64-97(103)109-10-4)79-85(87)74-83(82)77-89(88)113-68-56-44-32-20-14-26-38-50-62-95(101)107-8-2/h76-81H,7-75H2,1-6H3. The van der Waals surface area contributed by atoms with Crippen molar-refractivity contribution < 1.29 is 85.6 Å². The Labute approximate surface area is 708 Å². The van der Waals surface area contributed by atoms with Gasteiger partial charge >= 0.3 is 35.8 Å². The Morgan fingerprint density at radius 2 is 0.291 bits per heavy atom. The predicted molar refractivity (Wildman–Crippen MR) is 470 cm³/mol. The maximum atomic E-state index is 11.9. The number of benzene rings is 3. The Morgan fingerprint density at radius 3 is 0.410 bits per heavy atom. The fraction of sp³-hybridized carbons (Fsp3) is 0.758. The van der Waals surface area contributed by atoms with Crippen LogP contribution in [0.2, 0.25) is 0 Å². The molecule has 1 aliphatic rings. The van der Waals surface area contributed by atoms with Crippen molar-refractivity contribution in [3.63, 3.8) is 0 Å². The van der Waals surface area contributed by atoms with Crippen LogP contribution in [0.4, 0.5) is 0 Å². The van der Waals surface area contributed by atoms with Crippen molar-refractivity contribution in [3.8, 4) is 34.5 Å². The second-order valence-corrected chi connectivity index (χ2v) is 32.1. The highest BCUT2D eigenvalue weighted by molar-refractivity contribution is 5.71. The monoisotopic (exact) mass is 1640 g/mol. The molecule has 0 aliphatic heterocycles. The van der Waals surface area contributed by atoms with E-state index in [1.54, 1.807) is 0 Å². The third-order valence-corrected chi connectivity index (χ3v) is 22.0. The molecule has 0 aromatic heterocycles. The lowest BCUT2D eigenvalue weighted by Crippen LogP contribution is -2.07. The average Bonchev–Trinajstić information content (AvgIpc) is 1.68. The highest BCUT2D eigenvalue weighted by Gasteiger charge is 2.24. The fourth-order valence-electron chi connectivity index (χ4n) is 15.3. The van der Waals surface area contributed by atoms with Crippen LogP contribution in [-0.4, -0.2) is 115 Å². The van der Waals surface area contributed by atoms with Gasteiger partial charge in [0.2, 0.25) is 0 Å². The summed E-state index contributed by atoms with van der Waals surface area (Å²) in [6.45, 7) is 17.2. The number of esters is 6. The maximum absolute atomic E-state index is 11.9. The SMILES string of the molecule is CCOC(=O)CCCCCCCCCCOc1cc2c(cc1OCCCCCCCCCCC(=O)OCC)Cc1cc(OCCCCCCCCCCC(=O)OCC)c(OCCCCCCCCCCC(=O)OCC)cc1Cc1cc(OCCCCCCCCCCC(=O)OCC)c(OCCCCCCCCCCC(=O)OCC)cc1C2. The summed E-state index contributed by atoms with van der Waals surface area (Å²) in [7, 11) is 0. The zero-order valence-corrected chi connectivity index (χ0v) is 74.6. The van der Waals surface area contributed by atoms with Gasteiger partial charge in [0.1, 0.15) is 0 Å². The van der Waals surface area contributed by atoms with E-state index in [1.165, 1.54) is 33.4 Å². The number of ether oxygens (including phenoxy) is 12. The number of unbranched alkanes of at least 4 members (excludes halogenated alkanes) is 42. The van der Waals surface area contributed by atoms with Crippen LogP contribution in [0.5, 0.6) is 34.5 Å². The molecule has 0 heterocycles. The van der Waals surface area contributed by atoms with E-state index < -0.39 is 0 Å². The molecule has 117 heavy (non-hydrogen) atoms. The predicted octanol–water partition coefficient (Wildman–Crippen LogP) is 25.5. The summed E-state index contributed by atoms with van der Waals surface area (Å²) in [5.41, 5.74) is 7.05. The van der Waals surface area contributed by atoms with Crippen LogP contribution in [0, 0.1) is 0 Å². The average molecular weight is 1640 g/mol. The van der Waals surface area contributed by atoms with Gasteiger partial charge in [-0.1, -0.05) is 231 Å². The van der Waals surface area contributed by atoms with Crippen LogP contribution in [0.15, 0.2) is 36.4 Å². The van der Waals surface area contributed by atoms with E-state index >= 15 is 0 Å². The van der Waals surface area contributed by atoms with Gasteiger partial charge in [0.25, 0.3) is 0 Å². The Morgan fingerprint density at radius 1 is 0.179 bits per heavy atom. The summed E-state index contributed by atoms with van der Waals surface area (Å²) in [5, 5.41) is 0. The summed E-state index contributed by atoms with van der Waals surface area (Å²) < 4.78 is 72.5. The summed E-state index contributed by atoms with van der Waals surface area (Å²) in [6.07, 6.45) is 55.6. The van der Waals surface area contributed by atoms with Gasteiger partial charge in [-0.15, -0.1) is 0 Å². The molecule has 0 saturated carbocycles. The first-order valence-electron chi connectivity index (χ1n) is 47.6. The number of hydrogen-bond acceptors (Lipinski definition) is 18. The Hall–Kier alpha value is -6.72. The summed E-state index contributed by atoms with van der Waals surface area (Å²) in [4.78, 5) is 71.5. The number of carbonyl (C=O) groups is 6. The third kappa shape index (κ3) is 52.2. The van der Waals surface area contributed by atoms with Gasteiger partial charge in [-0.05, 0) is 208 Å². The van der Waals surface area contributed by atoms with E-state index in [4.69, 9.17) is 56.8 Å². The summed E-state index contributed by atoms with van der Waals surface area (Å²) in [5.74, 6) is 4.03. The van der Waals surface area contributed by atoms with Crippen LogP contribution in [0.3, 0.4) is 0 Å². The molecule has 0 fully saturated rings. The molecular formula is C99H162O18. The Balaban J connectivity index is 1.73. The first-order chi connectivity index (χ1) is 57.4. The minimum absolute atomic E-state index is 0.0999. The number of hydrogen-bond donors (Lipinski definition) is 0. The molecule has 0 N–H and O–H groups in total. The molecule has 3 aromatic carbocycles. The van der Waals surface area contributed by atoms with E-state index in [1.807, 2.05) is 41.5 Å². The quantitative estimate of drug-likeness (QED) is 0.0228. The first kappa shape index (κ1) is 103. The molecule has 1 aliphatic carbocycles. The van der Waals surface area contributed by atoms with Crippen molar-refractivity contribution in [2.45, 2.75) is 408 Å². The molecule has 0 radical (unpaired) electrons.